The van der Waals surface area contributed by atoms with Crippen LogP contribution in [0.25, 0.3) is 0 Å². The zero-order chi connectivity index (χ0) is 13.9. The molecule has 0 radical (unpaired) electrons. The molecule has 1 aromatic rings. The summed E-state index contributed by atoms with van der Waals surface area (Å²) in [6.45, 7) is 0.929. The molecule has 0 spiro atoms. The van der Waals surface area contributed by atoms with E-state index in [9.17, 15) is 14.3 Å². The lowest BCUT2D eigenvalue weighted by Gasteiger charge is -2.29. The molecule has 1 N–H and O–H groups in total. The fourth-order valence-electron chi connectivity index (χ4n) is 2.98. The molecule has 1 aliphatic carbocycles. The van der Waals surface area contributed by atoms with Crippen LogP contribution in [-0.4, -0.2) is 29.6 Å². The number of rotatable bonds is 5. The lowest BCUT2D eigenvalue weighted by Crippen LogP contribution is -2.39. The van der Waals surface area contributed by atoms with E-state index in [-0.39, 0.29) is 5.82 Å². The maximum absolute atomic E-state index is 13.6. The second kappa shape index (κ2) is 5.70. The van der Waals surface area contributed by atoms with Gasteiger partial charge >= 0.3 is 5.97 Å². The van der Waals surface area contributed by atoms with Crippen molar-refractivity contribution in [2.24, 2.45) is 5.41 Å². The Morgan fingerprint density at radius 1 is 1.37 bits per heavy atom. The van der Waals surface area contributed by atoms with Crippen molar-refractivity contribution >= 4 is 5.97 Å². The highest BCUT2D eigenvalue weighted by molar-refractivity contribution is 5.75. The van der Waals surface area contributed by atoms with Gasteiger partial charge in [-0.05, 0) is 26.0 Å². The van der Waals surface area contributed by atoms with Crippen molar-refractivity contribution in [3.8, 4) is 0 Å². The van der Waals surface area contributed by atoms with Crippen molar-refractivity contribution in [2.75, 3.05) is 13.6 Å². The lowest BCUT2D eigenvalue weighted by atomic mass is 9.85. The number of halogens is 1. The molecule has 0 bridgehead atoms. The molecule has 3 nitrogen and oxygen atoms in total. The molecule has 1 aliphatic rings. The number of carbonyl (C=O) groups is 1. The van der Waals surface area contributed by atoms with Crippen molar-refractivity contribution in [2.45, 2.75) is 32.2 Å². The van der Waals surface area contributed by atoms with Gasteiger partial charge in [0.05, 0.1) is 5.41 Å². The molecule has 0 amide bonds. The van der Waals surface area contributed by atoms with Crippen LogP contribution < -0.4 is 0 Å². The summed E-state index contributed by atoms with van der Waals surface area (Å²) in [5.74, 6) is -0.949. The molecular weight excluding hydrogens is 245 g/mol. The van der Waals surface area contributed by atoms with Crippen LogP contribution in [0.1, 0.15) is 31.2 Å². The number of benzene rings is 1. The maximum atomic E-state index is 13.6. The standard InChI is InChI=1S/C15H20FNO2/c1-17(10-12-6-2-3-7-13(12)16)11-15(14(18)19)8-4-5-9-15/h2-3,6-7H,4-5,8-11H2,1H3,(H,18,19). The van der Waals surface area contributed by atoms with Gasteiger partial charge in [-0.1, -0.05) is 31.0 Å². The number of carboxylic acids is 1. The average Bonchev–Trinajstić information content (AvgIpc) is 2.82. The van der Waals surface area contributed by atoms with Gasteiger partial charge in [0, 0.05) is 18.7 Å². The first-order chi connectivity index (χ1) is 9.03. The third-order valence-electron chi connectivity index (χ3n) is 3.99. The Balaban J connectivity index is 2.03. The number of aliphatic carboxylic acids is 1. The van der Waals surface area contributed by atoms with E-state index in [0.29, 0.717) is 18.7 Å². The Hall–Kier alpha value is -1.42. The highest BCUT2D eigenvalue weighted by atomic mass is 19.1. The van der Waals surface area contributed by atoms with Gasteiger partial charge in [-0.15, -0.1) is 0 Å². The fourth-order valence-corrected chi connectivity index (χ4v) is 2.98. The number of carboxylic acid groups (broad SMARTS) is 1. The van der Waals surface area contributed by atoms with Gasteiger partial charge in [0.2, 0.25) is 0 Å². The first kappa shape index (κ1) is 14.0. The van der Waals surface area contributed by atoms with E-state index in [1.165, 1.54) is 6.07 Å². The molecule has 1 saturated carbocycles. The SMILES string of the molecule is CN(Cc1ccccc1F)CC1(C(=O)O)CCCC1. The summed E-state index contributed by atoms with van der Waals surface area (Å²) in [6.07, 6.45) is 3.40. The first-order valence-corrected chi connectivity index (χ1v) is 6.69. The van der Waals surface area contributed by atoms with E-state index < -0.39 is 11.4 Å². The summed E-state index contributed by atoms with van der Waals surface area (Å²) in [5, 5.41) is 9.43. The Kier molecular flexibility index (Phi) is 4.20. The zero-order valence-electron chi connectivity index (χ0n) is 11.2. The van der Waals surface area contributed by atoms with Crippen LogP contribution in [0.5, 0.6) is 0 Å². The van der Waals surface area contributed by atoms with Gasteiger partial charge in [0.1, 0.15) is 5.82 Å². The maximum Gasteiger partial charge on any atom is 0.310 e. The van der Waals surface area contributed by atoms with Gasteiger partial charge < -0.3 is 10.0 Å². The summed E-state index contributed by atoms with van der Waals surface area (Å²) >= 11 is 0. The van der Waals surface area contributed by atoms with E-state index in [0.717, 1.165) is 25.7 Å². The van der Waals surface area contributed by atoms with Crippen LogP contribution in [0.15, 0.2) is 24.3 Å². The van der Waals surface area contributed by atoms with Gasteiger partial charge in [-0.3, -0.25) is 4.79 Å². The van der Waals surface area contributed by atoms with Crippen molar-refractivity contribution in [1.82, 2.24) is 4.90 Å². The van der Waals surface area contributed by atoms with E-state index in [2.05, 4.69) is 0 Å². The van der Waals surface area contributed by atoms with Gasteiger partial charge in [-0.25, -0.2) is 4.39 Å². The summed E-state index contributed by atoms with van der Waals surface area (Å²) in [5.41, 5.74) is -0.0245. The molecule has 0 unspecified atom stereocenters. The molecule has 0 aliphatic heterocycles. The van der Waals surface area contributed by atoms with E-state index in [1.54, 1.807) is 18.2 Å². The summed E-state index contributed by atoms with van der Waals surface area (Å²) in [4.78, 5) is 13.4. The van der Waals surface area contributed by atoms with Crippen LogP contribution in [-0.2, 0) is 11.3 Å². The Labute approximate surface area is 113 Å². The molecule has 2 rings (SSSR count). The summed E-state index contributed by atoms with van der Waals surface area (Å²) in [6, 6.07) is 6.64. The molecule has 19 heavy (non-hydrogen) atoms. The Bertz CT molecular complexity index is 455. The number of hydrogen-bond donors (Lipinski definition) is 1. The second-order valence-electron chi connectivity index (χ2n) is 5.56. The highest BCUT2D eigenvalue weighted by Gasteiger charge is 2.41. The van der Waals surface area contributed by atoms with Crippen LogP contribution in [0.4, 0.5) is 4.39 Å². The predicted molar refractivity (Wildman–Crippen MR) is 71.3 cm³/mol. The smallest absolute Gasteiger partial charge is 0.310 e. The van der Waals surface area contributed by atoms with Crippen molar-refractivity contribution in [3.63, 3.8) is 0 Å². The van der Waals surface area contributed by atoms with E-state index in [4.69, 9.17) is 0 Å². The van der Waals surface area contributed by atoms with E-state index >= 15 is 0 Å². The van der Waals surface area contributed by atoms with Gasteiger partial charge in [0.15, 0.2) is 0 Å². The average molecular weight is 265 g/mol. The third-order valence-corrected chi connectivity index (χ3v) is 3.99. The highest BCUT2D eigenvalue weighted by Crippen LogP contribution is 2.39. The predicted octanol–water partition coefficient (Wildman–Crippen LogP) is 2.90. The molecule has 0 aromatic heterocycles. The van der Waals surface area contributed by atoms with Crippen molar-refractivity contribution < 1.29 is 14.3 Å². The van der Waals surface area contributed by atoms with Crippen LogP contribution in [0.3, 0.4) is 0 Å². The van der Waals surface area contributed by atoms with Crippen molar-refractivity contribution in [1.29, 1.82) is 0 Å². The first-order valence-electron chi connectivity index (χ1n) is 6.69. The van der Waals surface area contributed by atoms with Crippen LogP contribution in [0.2, 0.25) is 0 Å². The molecule has 0 heterocycles. The lowest BCUT2D eigenvalue weighted by molar-refractivity contribution is -0.149. The zero-order valence-corrected chi connectivity index (χ0v) is 11.2. The molecular formula is C15H20FNO2. The molecule has 0 saturated heterocycles. The van der Waals surface area contributed by atoms with Crippen LogP contribution >= 0.6 is 0 Å². The third kappa shape index (κ3) is 3.13. The van der Waals surface area contributed by atoms with Gasteiger partial charge in [0.25, 0.3) is 0 Å². The van der Waals surface area contributed by atoms with Crippen LogP contribution in [0, 0.1) is 11.2 Å². The summed E-state index contributed by atoms with van der Waals surface area (Å²) < 4.78 is 13.6. The largest absolute Gasteiger partial charge is 0.481 e. The molecule has 104 valence electrons. The van der Waals surface area contributed by atoms with Crippen molar-refractivity contribution in [3.05, 3.63) is 35.6 Å². The Morgan fingerprint density at radius 3 is 2.58 bits per heavy atom. The molecule has 0 atom stereocenters. The Morgan fingerprint density at radius 2 is 2.00 bits per heavy atom. The molecule has 4 heteroatoms. The summed E-state index contributed by atoms with van der Waals surface area (Å²) in [7, 11) is 1.86. The normalized spacial score (nSPS) is 17.8. The quantitative estimate of drug-likeness (QED) is 0.890. The molecule has 1 aromatic carbocycles. The topological polar surface area (TPSA) is 40.5 Å². The minimum Gasteiger partial charge on any atom is -0.481 e. The number of nitrogens with zero attached hydrogens (tertiary/aromatic N) is 1. The number of hydrogen-bond acceptors (Lipinski definition) is 2. The monoisotopic (exact) mass is 265 g/mol. The minimum absolute atomic E-state index is 0.231. The van der Waals surface area contributed by atoms with Gasteiger partial charge in [-0.2, -0.15) is 0 Å². The minimum atomic E-state index is -0.717. The fraction of sp³-hybridized carbons (Fsp3) is 0.533. The molecule has 1 fully saturated rings. The van der Waals surface area contributed by atoms with E-state index in [1.807, 2.05) is 11.9 Å². The second-order valence-corrected chi connectivity index (χ2v) is 5.56.